The minimum Gasteiger partial charge on any atom is -0.482 e. The van der Waals surface area contributed by atoms with E-state index in [4.69, 9.17) is 16.3 Å². The van der Waals surface area contributed by atoms with Crippen molar-refractivity contribution in [2.75, 3.05) is 6.61 Å². The van der Waals surface area contributed by atoms with E-state index in [2.05, 4.69) is 5.32 Å². The van der Waals surface area contributed by atoms with Crippen molar-refractivity contribution in [1.29, 1.82) is 0 Å². The standard InChI is InChI=1S/C17H18ClNO2/c1-12(2)19-17(20)11-21-16-9-8-14(10-15(16)18)13-6-4-3-5-7-13/h3-10,12H,11H2,1-2H3,(H,19,20). The molecule has 0 aromatic heterocycles. The van der Waals surface area contributed by atoms with E-state index in [1.54, 1.807) is 6.07 Å². The smallest absolute Gasteiger partial charge is 0.258 e. The average Bonchev–Trinajstić information content (AvgIpc) is 2.46. The SMILES string of the molecule is CC(C)NC(=O)COc1ccc(-c2ccccc2)cc1Cl. The maximum atomic E-state index is 11.5. The van der Waals surface area contributed by atoms with Crippen molar-refractivity contribution in [2.24, 2.45) is 0 Å². The van der Waals surface area contributed by atoms with Gasteiger partial charge in [-0.1, -0.05) is 48.0 Å². The number of carbonyl (C=O) groups excluding carboxylic acids is 1. The lowest BCUT2D eigenvalue weighted by Gasteiger charge is -2.11. The molecule has 0 saturated carbocycles. The van der Waals surface area contributed by atoms with Crippen molar-refractivity contribution in [3.8, 4) is 16.9 Å². The number of carbonyl (C=O) groups is 1. The first-order chi connectivity index (χ1) is 10.1. The van der Waals surface area contributed by atoms with Gasteiger partial charge >= 0.3 is 0 Å². The van der Waals surface area contributed by atoms with Crippen LogP contribution in [-0.4, -0.2) is 18.6 Å². The van der Waals surface area contributed by atoms with Crippen molar-refractivity contribution < 1.29 is 9.53 Å². The van der Waals surface area contributed by atoms with E-state index in [1.165, 1.54) is 0 Å². The third-order valence-electron chi connectivity index (χ3n) is 2.85. The maximum absolute atomic E-state index is 11.5. The van der Waals surface area contributed by atoms with E-state index in [0.29, 0.717) is 10.8 Å². The molecule has 0 aliphatic carbocycles. The van der Waals surface area contributed by atoms with Crippen molar-refractivity contribution in [2.45, 2.75) is 19.9 Å². The molecule has 1 amide bonds. The quantitative estimate of drug-likeness (QED) is 0.909. The summed E-state index contributed by atoms with van der Waals surface area (Å²) in [5, 5.41) is 3.26. The van der Waals surface area contributed by atoms with Crippen LogP contribution in [0.15, 0.2) is 48.5 Å². The molecule has 110 valence electrons. The van der Waals surface area contributed by atoms with Crippen molar-refractivity contribution in [3.63, 3.8) is 0 Å². The van der Waals surface area contributed by atoms with Crippen LogP contribution in [0.5, 0.6) is 5.75 Å². The number of benzene rings is 2. The van der Waals surface area contributed by atoms with Gasteiger partial charge in [0.25, 0.3) is 5.91 Å². The minimum atomic E-state index is -0.159. The molecule has 0 radical (unpaired) electrons. The van der Waals surface area contributed by atoms with Crippen LogP contribution in [0.25, 0.3) is 11.1 Å². The molecular formula is C17H18ClNO2. The Labute approximate surface area is 129 Å². The van der Waals surface area contributed by atoms with Gasteiger partial charge in [-0.3, -0.25) is 4.79 Å². The van der Waals surface area contributed by atoms with Gasteiger partial charge in [-0.2, -0.15) is 0 Å². The Hall–Kier alpha value is -2.00. The summed E-state index contributed by atoms with van der Waals surface area (Å²) in [5.41, 5.74) is 2.10. The highest BCUT2D eigenvalue weighted by molar-refractivity contribution is 6.32. The highest BCUT2D eigenvalue weighted by atomic mass is 35.5. The highest BCUT2D eigenvalue weighted by Crippen LogP contribution is 2.30. The molecule has 0 aliphatic heterocycles. The van der Waals surface area contributed by atoms with Crippen molar-refractivity contribution >= 4 is 17.5 Å². The van der Waals surface area contributed by atoms with Crippen LogP contribution in [0.3, 0.4) is 0 Å². The normalized spacial score (nSPS) is 10.5. The Morgan fingerprint density at radius 2 is 1.86 bits per heavy atom. The van der Waals surface area contributed by atoms with Gasteiger partial charge in [0.15, 0.2) is 6.61 Å². The van der Waals surface area contributed by atoms with Gasteiger partial charge in [-0.25, -0.2) is 0 Å². The largest absolute Gasteiger partial charge is 0.482 e. The number of hydrogen-bond acceptors (Lipinski definition) is 2. The molecule has 0 atom stereocenters. The molecule has 3 nitrogen and oxygen atoms in total. The van der Waals surface area contributed by atoms with E-state index in [1.807, 2.05) is 56.3 Å². The predicted molar refractivity (Wildman–Crippen MR) is 85.7 cm³/mol. The molecule has 0 heterocycles. The molecule has 2 aromatic rings. The molecule has 2 aromatic carbocycles. The van der Waals surface area contributed by atoms with Gasteiger partial charge in [-0.05, 0) is 37.1 Å². The third kappa shape index (κ3) is 4.50. The number of rotatable bonds is 5. The van der Waals surface area contributed by atoms with Gasteiger partial charge in [-0.15, -0.1) is 0 Å². The average molecular weight is 304 g/mol. The zero-order chi connectivity index (χ0) is 15.2. The Morgan fingerprint density at radius 1 is 1.14 bits per heavy atom. The van der Waals surface area contributed by atoms with Crippen molar-refractivity contribution in [3.05, 3.63) is 53.6 Å². The fourth-order valence-corrected chi connectivity index (χ4v) is 2.17. The lowest BCUT2D eigenvalue weighted by molar-refractivity contribution is -0.123. The van der Waals surface area contributed by atoms with Crippen LogP contribution in [0.2, 0.25) is 5.02 Å². The summed E-state index contributed by atoms with van der Waals surface area (Å²) in [6.45, 7) is 3.77. The van der Waals surface area contributed by atoms with Gasteiger partial charge < -0.3 is 10.1 Å². The van der Waals surface area contributed by atoms with Gasteiger partial charge in [0.2, 0.25) is 0 Å². The van der Waals surface area contributed by atoms with Gasteiger partial charge in [0.1, 0.15) is 5.75 Å². The topological polar surface area (TPSA) is 38.3 Å². The van der Waals surface area contributed by atoms with Crippen LogP contribution in [0.1, 0.15) is 13.8 Å². The van der Waals surface area contributed by atoms with Crippen LogP contribution in [-0.2, 0) is 4.79 Å². The molecule has 0 saturated heterocycles. The van der Waals surface area contributed by atoms with Crippen LogP contribution in [0.4, 0.5) is 0 Å². The van der Waals surface area contributed by atoms with Crippen LogP contribution < -0.4 is 10.1 Å². The lowest BCUT2D eigenvalue weighted by atomic mass is 10.1. The number of nitrogens with one attached hydrogen (secondary N) is 1. The van der Waals surface area contributed by atoms with E-state index < -0.39 is 0 Å². The summed E-state index contributed by atoms with van der Waals surface area (Å²) >= 11 is 6.21. The van der Waals surface area contributed by atoms with Crippen LogP contribution >= 0.6 is 11.6 Å². The molecule has 1 N–H and O–H groups in total. The lowest BCUT2D eigenvalue weighted by Crippen LogP contribution is -2.34. The van der Waals surface area contributed by atoms with Crippen LogP contribution in [0, 0.1) is 0 Å². The Morgan fingerprint density at radius 3 is 2.48 bits per heavy atom. The first kappa shape index (κ1) is 15.4. The summed E-state index contributed by atoms with van der Waals surface area (Å²) < 4.78 is 5.45. The fraction of sp³-hybridized carbons (Fsp3) is 0.235. The minimum absolute atomic E-state index is 0.0391. The molecule has 21 heavy (non-hydrogen) atoms. The summed E-state index contributed by atoms with van der Waals surface area (Å²) in [6.07, 6.45) is 0. The summed E-state index contributed by atoms with van der Waals surface area (Å²) in [6, 6.07) is 15.6. The first-order valence-corrected chi connectivity index (χ1v) is 7.21. The van der Waals surface area contributed by atoms with Crippen molar-refractivity contribution in [1.82, 2.24) is 5.32 Å². The second-order valence-electron chi connectivity index (χ2n) is 5.02. The molecule has 0 spiro atoms. The summed E-state index contributed by atoms with van der Waals surface area (Å²) in [7, 11) is 0. The number of halogens is 1. The molecule has 2 rings (SSSR count). The monoisotopic (exact) mass is 303 g/mol. The predicted octanol–water partition coefficient (Wildman–Crippen LogP) is 3.91. The second kappa shape index (κ2) is 7.14. The number of hydrogen-bond donors (Lipinski definition) is 1. The molecular weight excluding hydrogens is 286 g/mol. The van der Waals surface area contributed by atoms with E-state index >= 15 is 0 Å². The first-order valence-electron chi connectivity index (χ1n) is 6.83. The number of ether oxygens (including phenoxy) is 1. The van der Waals surface area contributed by atoms with E-state index in [0.717, 1.165) is 11.1 Å². The molecule has 0 aliphatic rings. The highest BCUT2D eigenvalue weighted by Gasteiger charge is 2.08. The second-order valence-corrected chi connectivity index (χ2v) is 5.43. The summed E-state index contributed by atoms with van der Waals surface area (Å²) in [5.74, 6) is 0.350. The third-order valence-corrected chi connectivity index (χ3v) is 3.14. The fourth-order valence-electron chi connectivity index (χ4n) is 1.94. The molecule has 0 bridgehead atoms. The molecule has 0 unspecified atom stereocenters. The Kier molecular flexibility index (Phi) is 5.23. The van der Waals surface area contributed by atoms with Gasteiger partial charge in [0, 0.05) is 6.04 Å². The maximum Gasteiger partial charge on any atom is 0.258 e. The summed E-state index contributed by atoms with van der Waals surface area (Å²) in [4.78, 5) is 11.5. The molecule has 4 heteroatoms. The number of amides is 1. The van der Waals surface area contributed by atoms with E-state index in [-0.39, 0.29) is 18.6 Å². The molecule has 0 fully saturated rings. The zero-order valence-electron chi connectivity index (χ0n) is 12.1. The zero-order valence-corrected chi connectivity index (χ0v) is 12.9. The Bertz CT molecular complexity index is 611. The van der Waals surface area contributed by atoms with Gasteiger partial charge in [0.05, 0.1) is 5.02 Å². The van der Waals surface area contributed by atoms with E-state index in [9.17, 15) is 4.79 Å². The Balaban J connectivity index is 2.05.